The second-order valence-electron chi connectivity index (χ2n) is 7.04. The minimum atomic E-state index is -0.374. The van der Waals surface area contributed by atoms with Crippen LogP contribution in [0.1, 0.15) is 13.8 Å². The molecule has 0 bridgehead atoms. The molecule has 10 nitrogen and oxygen atoms in total. The van der Waals surface area contributed by atoms with E-state index in [1.807, 2.05) is 37.3 Å². The summed E-state index contributed by atoms with van der Waals surface area (Å²) >= 11 is 1.38. The summed E-state index contributed by atoms with van der Waals surface area (Å²) in [6.07, 6.45) is 5.07. The molecule has 11 heteroatoms. The molecule has 174 valence electrons. The van der Waals surface area contributed by atoms with Gasteiger partial charge in [-0.3, -0.25) is 15.1 Å². The molecule has 0 fully saturated rings. The van der Waals surface area contributed by atoms with Gasteiger partial charge in [-0.15, -0.1) is 0 Å². The van der Waals surface area contributed by atoms with E-state index in [0.29, 0.717) is 24.2 Å². The third-order valence-electron chi connectivity index (χ3n) is 4.67. The van der Waals surface area contributed by atoms with Gasteiger partial charge in [0.25, 0.3) is 0 Å². The van der Waals surface area contributed by atoms with Crippen molar-refractivity contribution in [3.63, 3.8) is 0 Å². The largest absolute Gasteiger partial charge is 0.465 e. The second kappa shape index (κ2) is 10.7. The number of thiazole rings is 1. The molecule has 0 aliphatic rings. The number of aromatic nitrogens is 4. The van der Waals surface area contributed by atoms with Crippen molar-refractivity contribution >= 4 is 44.6 Å². The van der Waals surface area contributed by atoms with Gasteiger partial charge in [0.2, 0.25) is 5.95 Å². The van der Waals surface area contributed by atoms with Crippen molar-refractivity contribution in [1.82, 2.24) is 25.3 Å². The minimum absolute atomic E-state index is 0.0107. The Kier molecular flexibility index (Phi) is 7.23. The van der Waals surface area contributed by atoms with Crippen LogP contribution in [-0.4, -0.2) is 51.6 Å². The fraction of sp³-hybridized carbons (Fsp3) is 0.217. The van der Waals surface area contributed by atoms with E-state index in [-0.39, 0.29) is 18.5 Å². The number of benzene rings is 1. The molecular formula is C23H23N7O3S. The molecule has 1 aromatic carbocycles. The molecule has 4 aromatic rings. The number of hydrogen-bond acceptors (Lipinski definition) is 9. The summed E-state index contributed by atoms with van der Waals surface area (Å²) in [5.74, 6) is -0.0499. The number of nitrogens with zero attached hydrogens (tertiary/aromatic N) is 4. The quantitative estimate of drug-likeness (QED) is 0.325. The van der Waals surface area contributed by atoms with Crippen molar-refractivity contribution in [2.75, 3.05) is 30.3 Å². The highest BCUT2D eigenvalue weighted by molar-refractivity contribution is 7.22. The molecule has 0 atom stereocenters. The molecule has 0 saturated heterocycles. The number of amides is 2. The lowest BCUT2D eigenvalue weighted by molar-refractivity contribution is -0.140. The lowest BCUT2D eigenvalue weighted by Gasteiger charge is -2.08. The Balaban J connectivity index is 1.67. The van der Waals surface area contributed by atoms with Crippen molar-refractivity contribution in [1.29, 1.82) is 0 Å². The predicted molar refractivity (Wildman–Crippen MR) is 132 cm³/mol. The summed E-state index contributed by atoms with van der Waals surface area (Å²) in [4.78, 5) is 41.2. The molecule has 0 aliphatic carbocycles. The van der Waals surface area contributed by atoms with Crippen LogP contribution in [0, 0.1) is 0 Å². The van der Waals surface area contributed by atoms with Gasteiger partial charge in [-0.2, -0.15) is 0 Å². The number of ether oxygens (including phenoxy) is 1. The van der Waals surface area contributed by atoms with Gasteiger partial charge in [-0.05, 0) is 43.7 Å². The first-order valence-electron chi connectivity index (χ1n) is 10.7. The van der Waals surface area contributed by atoms with E-state index < -0.39 is 0 Å². The van der Waals surface area contributed by atoms with Gasteiger partial charge in [-0.1, -0.05) is 17.4 Å². The van der Waals surface area contributed by atoms with E-state index >= 15 is 0 Å². The zero-order valence-electron chi connectivity index (χ0n) is 18.7. The van der Waals surface area contributed by atoms with Crippen molar-refractivity contribution in [2.24, 2.45) is 0 Å². The number of carbonyl (C=O) groups excluding carboxylic acids is 2. The number of nitrogens with one attached hydrogen (secondary N) is 3. The Morgan fingerprint density at radius 1 is 1.06 bits per heavy atom. The van der Waals surface area contributed by atoms with Crippen molar-refractivity contribution in [3.8, 4) is 22.4 Å². The number of carbonyl (C=O) groups is 2. The highest BCUT2D eigenvalue weighted by Gasteiger charge is 2.15. The summed E-state index contributed by atoms with van der Waals surface area (Å²) in [6, 6.07) is 9.32. The maximum Gasteiger partial charge on any atom is 0.325 e. The van der Waals surface area contributed by atoms with E-state index in [0.717, 1.165) is 32.6 Å². The van der Waals surface area contributed by atoms with Gasteiger partial charge < -0.3 is 15.4 Å². The highest BCUT2D eigenvalue weighted by Crippen LogP contribution is 2.38. The van der Waals surface area contributed by atoms with Crippen molar-refractivity contribution < 1.29 is 14.3 Å². The first-order chi connectivity index (χ1) is 16.6. The fourth-order valence-corrected chi connectivity index (χ4v) is 4.16. The summed E-state index contributed by atoms with van der Waals surface area (Å²) in [6.45, 7) is 4.43. The molecular weight excluding hydrogens is 454 g/mol. The van der Waals surface area contributed by atoms with E-state index in [9.17, 15) is 9.59 Å². The number of fused-ring (bicyclic) bond motifs is 1. The minimum Gasteiger partial charge on any atom is -0.465 e. The van der Waals surface area contributed by atoms with Gasteiger partial charge in [0.05, 0.1) is 22.5 Å². The molecule has 3 heterocycles. The summed E-state index contributed by atoms with van der Waals surface area (Å²) in [5.41, 5.74) is 4.02. The molecule has 4 rings (SSSR count). The number of pyridine rings is 1. The standard InChI is InChI=1S/C23H23N7O3S/c1-3-24-22(32)30-23-29-18-10-14(9-16(20(18)34-23)17-7-5-6-8-25-17)15-11-26-21(27-12-15)28-13-19(31)33-4-2/h5-12H,3-4,13H2,1-2H3,(H,26,27,28)(H2,24,29,30,32). The molecule has 0 saturated carbocycles. The van der Waals surface area contributed by atoms with Crippen LogP contribution >= 0.6 is 11.3 Å². The van der Waals surface area contributed by atoms with Gasteiger partial charge in [0, 0.05) is 36.3 Å². The Morgan fingerprint density at radius 3 is 2.59 bits per heavy atom. The molecule has 0 spiro atoms. The Bertz CT molecular complexity index is 1290. The van der Waals surface area contributed by atoms with Crippen LogP contribution in [0.5, 0.6) is 0 Å². The van der Waals surface area contributed by atoms with Crippen LogP contribution in [0.3, 0.4) is 0 Å². The van der Waals surface area contributed by atoms with Crippen LogP contribution in [0.25, 0.3) is 32.6 Å². The fourth-order valence-electron chi connectivity index (χ4n) is 3.20. The highest BCUT2D eigenvalue weighted by atomic mass is 32.1. The number of urea groups is 1. The second-order valence-corrected chi connectivity index (χ2v) is 8.04. The van der Waals surface area contributed by atoms with Crippen LogP contribution in [0.15, 0.2) is 48.9 Å². The maximum absolute atomic E-state index is 12.0. The number of esters is 1. The SMILES string of the molecule is CCNC(=O)Nc1nc2cc(-c3cnc(NCC(=O)OCC)nc3)cc(-c3ccccn3)c2s1. The molecule has 34 heavy (non-hydrogen) atoms. The van der Waals surface area contributed by atoms with E-state index in [4.69, 9.17) is 4.74 Å². The first kappa shape index (κ1) is 23.1. The van der Waals surface area contributed by atoms with Gasteiger partial charge in [-0.25, -0.2) is 19.7 Å². The van der Waals surface area contributed by atoms with E-state index in [1.54, 1.807) is 25.5 Å². The van der Waals surface area contributed by atoms with Crippen LogP contribution in [-0.2, 0) is 9.53 Å². The molecule has 0 unspecified atom stereocenters. The van der Waals surface area contributed by atoms with Crippen LogP contribution < -0.4 is 16.0 Å². The zero-order valence-corrected chi connectivity index (χ0v) is 19.5. The normalized spacial score (nSPS) is 10.6. The van der Waals surface area contributed by atoms with E-state index in [2.05, 4.69) is 35.9 Å². The van der Waals surface area contributed by atoms with Gasteiger partial charge in [0.1, 0.15) is 6.54 Å². The van der Waals surface area contributed by atoms with Crippen molar-refractivity contribution in [3.05, 3.63) is 48.9 Å². The molecule has 3 N–H and O–H groups in total. The molecule has 0 radical (unpaired) electrons. The predicted octanol–water partition coefficient (Wildman–Crippen LogP) is 3.93. The summed E-state index contributed by atoms with van der Waals surface area (Å²) in [7, 11) is 0. The lowest BCUT2D eigenvalue weighted by Crippen LogP contribution is -2.28. The summed E-state index contributed by atoms with van der Waals surface area (Å²) < 4.78 is 5.80. The number of hydrogen-bond donors (Lipinski definition) is 3. The third kappa shape index (κ3) is 5.44. The van der Waals surface area contributed by atoms with E-state index in [1.165, 1.54) is 11.3 Å². The Labute approximate surface area is 199 Å². The van der Waals surface area contributed by atoms with Crippen molar-refractivity contribution in [2.45, 2.75) is 13.8 Å². The van der Waals surface area contributed by atoms with Crippen LogP contribution in [0.4, 0.5) is 15.9 Å². The third-order valence-corrected chi connectivity index (χ3v) is 5.69. The van der Waals surface area contributed by atoms with Crippen LogP contribution in [0.2, 0.25) is 0 Å². The molecule has 0 aliphatic heterocycles. The maximum atomic E-state index is 12.0. The monoisotopic (exact) mass is 477 g/mol. The number of anilines is 2. The van der Waals surface area contributed by atoms with Gasteiger partial charge in [0.15, 0.2) is 5.13 Å². The molecule has 2 amide bonds. The summed E-state index contributed by atoms with van der Waals surface area (Å²) in [5, 5.41) is 8.81. The Morgan fingerprint density at radius 2 is 1.88 bits per heavy atom. The molecule has 3 aromatic heterocycles. The first-order valence-corrected chi connectivity index (χ1v) is 11.5. The average Bonchev–Trinajstić information content (AvgIpc) is 3.25. The smallest absolute Gasteiger partial charge is 0.325 e. The van der Waals surface area contributed by atoms with Gasteiger partial charge >= 0.3 is 12.0 Å². The number of rotatable bonds is 8. The Hall–Kier alpha value is -4.12. The topological polar surface area (TPSA) is 131 Å². The lowest BCUT2D eigenvalue weighted by atomic mass is 10.0. The zero-order chi connectivity index (χ0) is 23.9. The average molecular weight is 478 g/mol.